The maximum atomic E-state index is 14.2. The van der Waals surface area contributed by atoms with Gasteiger partial charge in [0.15, 0.2) is 0 Å². The highest BCUT2D eigenvalue weighted by molar-refractivity contribution is 5.80. The quantitative estimate of drug-likeness (QED) is 0.295. The zero-order valence-electron chi connectivity index (χ0n) is 29.8. The van der Waals surface area contributed by atoms with Gasteiger partial charge in [-0.25, -0.2) is 4.79 Å². The molecule has 2 N–H and O–H groups in total. The molecule has 3 nitrogen and oxygen atoms in total. The molecule has 6 atom stereocenters. The van der Waals surface area contributed by atoms with Gasteiger partial charge in [-0.15, -0.1) is 0 Å². The topological polar surface area (TPSA) is 57.5 Å². The summed E-state index contributed by atoms with van der Waals surface area (Å²) in [7, 11) is 0. The molecule has 7 fully saturated rings. The lowest BCUT2D eigenvalue weighted by Gasteiger charge is -2.77. The molecule has 7 aliphatic carbocycles. The van der Waals surface area contributed by atoms with Crippen LogP contribution in [-0.4, -0.2) is 21.8 Å². The van der Waals surface area contributed by atoms with Gasteiger partial charge in [-0.3, -0.25) is 0 Å². The predicted octanol–water partition coefficient (Wildman–Crippen LogP) is 12.2. The third-order valence-corrected chi connectivity index (χ3v) is 15.5. The number of aliphatic carboxylic acids is 1. The summed E-state index contributed by atoms with van der Waals surface area (Å²) >= 11 is 0. The molecule has 262 valence electrons. The molecule has 7 saturated carbocycles. The van der Waals surface area contributed by atoms with Gasteiger partial charge in [-0.1, -0.05) is 148 Å². The fourth-order valence-corrected chi connectivity index (χ4v) is 13.9. The summed E-state index contributed by atoms with van der Waals surface area (Å²) in [5.74, 6) is 2.91. The van der Waals surface area contributed by atoms with Crippen LogP contribution in [0, 0.1) is 46.3 Å². The van der Waals surface area contributed by atoms with Gasteiger partial charge in [-0.05, 0) is 93.0 Å². The molecule has 0 saturated heterocycles. The third-order valence-electron chi connectivity index (χ3n) is 15.5. The number of hydrogen-bond acceptors (Lipinski definition) is 2. The molecule has 7 rings (SSSR count). The highest BCUT2D eigenvalue weighted by atomic mass is 16.4. The number of carboxylic acid groups (broad SMARTS) is 1. The van der Waals surface area contributed by atoms with E-state index in [2.05, 4.69) is 0 Å². The lowest BCUT2D eigenvalue weighted by molar-refractivity contribution is -0.324. The summed E-state index contributed by atoms with van der Waals surface area (Å²) in [6.45, 7) is 0. The molecular weight excluding hydrogens is 564 g/mol. The molecule has 0 aliphatic heterocycles. The minimum absolute atomic E-state index is 0.147. The minimum atomic E-state index is -1.00. The zero-order valence-corrected chi connectivity index (χ0v) is 29.8. The van der Waals surface area contributed by atoms with Crippen molar-refractivity contribution < 1.29 is 15.0 Å². The van der Waals surface area contributed by atoms with E-state index in [0.29, 0.717) is 23.7 Å². The molecule has 7 aliphatic rings. The van der Waals surface area contributed by atoms with Crippen molar-refractivity contribution in [3.63, 3.8) is 0 Å². The Morgan fingerprint density at radius 3 is 1.43 bits per heavy atom. The number of carbonyl (C=O) groups is 1. The normalized spacial score (nSPS) is 40.5. The van der Waals surface area contributed by atoms with E-state index < -0.39 is 11.6 Å². The lowest BCUT2D eigenvalue weighted by Crippen LogP contribution is -2.77. The Kier molecular flexibility index (Phi) is 12.4. The van der Waals surface area contributed by atoms with E-state index in [9.17, 15) is 15.0 Å². The number of rotatable bonds is 5. The number of aliphatic hydroxyl groups is 1. The maximum Gasteiger partial charge on any atom is 0.328 e. The fraction of sp³-hybridized carbons (Fsp3) is 0.930. The van der Waals surface area contributed by atoms with Crippen molar-refractivity contribution in [1.82, 2.24) is 0 Å². The molecular formula is C43H72O3. The first-order valence-electron chi connectivity index (χ1n) is 21.1. The molecule has 0 spiro atoms. The van der Waals surface area contributed by atoms with E-state index in [4.69, 9.17) is 0 Å². The van der Waals surface area contributed by atoms with Gasteiger partial charge >= 0.3 is 5.97 Å². The maximum absolute atomic E-state index is 14.2. The first kappa shape index (κ1) is 35.0. The summed E-state index contributed by atoms with van der Waals surface area (Å²) in [4.78, 5) is 12.4. The lowest BCUT2D eigenvalue weighted by atomic mass is 9.28. The summed E-state index contributed by atoms with van der Waals surface area (Å²) in [6.07, 6.45) is 44.5. The highest BCUT2D eigenvalue weighted by Crippen LogP contribution is 2.79. The Balaban J connectivity index is 1.48. The number of carboxylic acids is 1. The van der Waals surface area contributed by atoms with Crippen molar-refractivity contribution in [2.45, 2.75) is 205 Å². The Bertz CT molecular complexity index is 959. The van der Waals surface area contributed by atoms with Crippen LogP contribution in [-0.2, 0) is 4.79 Å². The average molecular weight is 637 g/mol. The summed E-state index contributed by atoms with van der Waals surface area (Å²) in [5.41, 5.74) is -1.31. The molecule has 0 aromatic rings. The van der Waals surface area contributed by atoms with Crippen LogP contribution in [0.4, 0.5) is 0 Å². The smallest absolute Gasteiger partial charge is 0.328 e. The highest BCUT2D eigenvalue weighted by Gasteiger charge is 2.77. The van der Waals surface area contributed by atoms with E-state index in [0.717, 1.165) is 18.3 Å². The first-order chi connectivity index (χ1) is 22.5. The van der Waals surface area contributed by atoms with Crippen LogP contribution in [0.5, 0.6) is 0 Å². The second-order valence-corrected chi connectivity index (χ2v) is 17.9. The molecule has 4 bridgehead atoms. The molecule has 6 unspecified atom stereocenters. The predicted molar refractivity (Wildman–Crippen MR) is 191 cm³/mol. The van der Waals surface area contributed by atoms with Gasteiger partial charge < -0.3 is 10.2 Å². The monoisotopic (exact) mass is 637 g/mol. The SMILES string of the molecule is O=C(O)C=CC1(O)C2(C3CCCCCCCCC3)CC3CC(C2)C(C2CCCCCCCCC2)C1(C1CCCCCCCCC1)C3. The van der Waals surface area contributed by atoms with Gasteiger partial charge in [0.25, 0.3) is 0 Å². The van der Waals surface area contributed by atoms with Crippen LogP contribution in [0.15, 0.2) is 12.2 Å². The zero-order chi connectivity index (χ0) is 31.9. The van der Waals surface area contributed by atoms with E-state index in [1.54, 1.807) is 0 Å². The fourth-order valence-electron chi connectivity index (χ4n) is 13.9. The number of hydrogen-bond donors (Lipinski definition) is 2. The Morgan fingerprint density at radius 1 is 0.522 bits per heavy atom. The van der Waals surface area contributed by atoms with E-state index in [1.807, 2.05) is 6.08 Å². The van der Waals surface area contributed by atoms with Gasteiger partial charge in [0.1, 0.15) is 0 Å². The van der Waals surface area contributed by atoms with Gasteiger partial charge in [0.2, 0.25) is 0 Å². The Morgan fingerprint density at radius 2 is 0.957 bits per heavy atom. The standard InChI is InChI=1S/C43H72O3/c44-39(45)28-29-43(46)41(37-24-18-12-6-2-7-13-19-25-37)31-34-30-36(33-41)40(35-22-16-10-4-1-5-11-17-23-35)42(43,32-34)38-26-20-14-8-3-9-15-21-27-38/h28-29,34-38,40,46H,1-27,30-33H2,(H,44,45). The van der Waals surface area contributed by atoms with Crippen molar-refractivity contribution >= 4 is 5.97 Å². The van der Waals surface area contributed by atoms with Crippen LogP contribution in [0.3, 0.4) is 0 Å². The van der Waals surface area contributed by atoms with Crippen LogP contribution < -0.4 is 0 Å². The molecule has 46 heavy (non-hydrogen) atoms. The molecule has 3 heteroatoms. The van der Waals surface area contributed by atoms with E-state index in [1.165, 1.54) is 199 Å². The van der Waals surface area contributed by atoms with E-state index >= 15 is 0 Å². The van der Waals surface area contributed by atoms with Gasteiger partial charge in [-0.2, -0.15) is 0 Å². The molecule has 0 radical (unpaired) electrons. The van der Waals surface area contributed by atoms with Crippen molar-refractivity contribution in [2.24, 2.45) is 46.3 Å². The molecule has 0 heterocycles. The molecule has 0 aromatic heterocycles. The first-order valence-corrected chi connectivity index (χ1v) is 21.1. The van der Waals surface area contributed by atoms with Crippen LogP contribution in [0.1, 0.15) is 199 Å². The van der Waals surface area contributed by atoms with Crippen molar-refractivity contribution in [3.8, 4) is 0 Å². The third kappa shape index (κ3) is 7.07. The Hall–Kier alpha value is -0.830. The average Bonchev–Trinajstić information content (AvgIpc) is 3.06. The van der Waals surface area contributed by atoms with Crippen LogP contribution in [0.25, 0.3) is 0 Å². The van der Waals surface area contributed by atoms with Gasteiger partial charge in [0, 0.05) is 16.9 Å². The minimum Gasteiger partial charge on any atom is -0.478 e. The van der Waals surface area contributed by atoms with Gasteiger partial charge in [0.05, 0.1) is 5.60 Å². The summed E-state index contributed by atoms with van der Waals surface area (Å²) in [5, 5.41) is 24.4. The largest absolute Gasteiger partial charge is 0.478 e. The van der Waals surface area contributed by atoms with E-state index in [-0.39, 0.29) is 10.8 Å². The summed E-state index contributed by atoms with van der Waals surface area (Å²) < 4.78 is 0. The summed E-state index contributed by atoms with van der Waals surface area (Å²) in [6, 6.07) is 0. The molecule has 0 aromatic carbocycles. The second-order valence-electron chi connectivity index (χ2n) is 17.9. The van der Waals surface area contributed by atoms with Crippen molar-refractivity contribution in [3.05, 3.63) is 12.2 Å². The van der Waals surface area contributed by atoms with Crippen molar-refractivity contribution in [2.75, 3.05) is 0 Å². The van der Waals surface area contributed by atoms with Crippen LogP contribution >= 0.6 is 0 Å². The Labute approximate surface area is 283 Å². The second kappa shape index (κ2) is 16.3. The van der Waals surface area contributed by atoms with Crippen LogP contribution in [0.2, 0.25) is 0 Å². The molecule has 0 amide bonds. The van der Waals surface area contributed by atoms with Crippen molar-refractivity contribution in [1.29, 1.82) is 0 Å².